The van der Waals surface area contributed by atoms with E-state index in [1.165, 1.54) is 0 Å². The third-order valence-corrected chi connectivity index (χ3v) is 3.56. The standard InChI is InChI=1S/C15H19N3O2/c1-9(16-15-10(2)17-18-11(15)3)12-4-5-13-14(8-12)20-7-6-19-13/h4-5,8-9,16H,6-7H2,1-3H3,(H,17,18). The van der Waals surface area contributed by atoms with E-state index >= 15 is 0 Å². The van der Waals surface area contributed by atoms with E-state index in [9.17, 15) is 0 Å². The van der Waals surface area contributed by atoms with Gasteiger partial charge in [0.1, 0.15) is 13.2 Å². The van der Waals surface area contributed by atoms with E-state index < -0.39 is 0 Å². The average molecular weight is 273 g/mol. The summed E-state index contributed by atoms with van der Waals surface area (Å²) in [6, 6.07) is 6.24. The fourth-order valence-electron chi connectivity index (χ4n) is 2.39. The number of hydrogen-bond donors (Lipinski definition) is 2. The van der Waals surface area contributed by atoms with Crippen LogP contribution in [0, 0.1) is 13.8 Å². The number of nitrogens with zero attached hydrogens (tertiary/aromatic N) is 1. The van der Waals surface area contributed by atoms with Gasteiger partial charge >= 0.3 is 0 Å². The molecule has 20 heavy (non-hydrogen) atoms. The summed E-state index contributed by atoms with van der Waals surface area (Å²) < 4.78 is 11.2. The molecule has 0 bridgehead atoms. The van der Waals surface area contributed by atoms with Crippen LogP contribution < -0.4 is 14.8 Å². The molecule has 1 atom stereocenters. The largest absolute Gasteiger partial charge is 0.486 e. The molecule has 0 aliphatic carbocycles. The average Bonchev–Trinajstić information content (AvgIpc) is 2.78. The summed E-state index contributed by atoms with van der Waals surface area (Å²) in [7, 11) is 0. The summed E-state index contributed by atoms with van der Waals surface area (Å²) >= 11 is 0. The zero-order valence-corrected chi connectivity index (χ0v) is 12.0. The third-order valence-electron chi connectivity index (χ3n) is 3.56. The van der Waals surface area contributed by atoms with Crippen molar-refractivity contribution in [3.63, 3.8) is 0 Å². The summed E-state index contributed by atoms with van der Waals surface area (Å²) in [5.41, 5.74) is 4.25. The molecule has 0 saturated heterocycles. The molecule has 1 aromatic heterocycles. The maximum Gasteiger partial charge on any atom is 0.161 e. The van der Waals surface area contributed by atoms with Crippen LogP contribution in [0.15, 0.2) is 18.2 Å². The number of aromatic nitrogens is 2. The number of fused-ring (bicyclic) bond motifs is 1. The number of hydrogen-bond acceptors (Lipinski definition) is 4. The highest BCUT2D eigenvalue weighted by Gasteiger charge is 2.16. The van der Waals surface area contributed by atoms with Gasteiger partial charge in [0.05, 0.1) is 17.1 Å². The van der Waals surface area contributed by atoms with Gasteiger partial charge in [-0.1, -0.05) is 6.07 Å². The van der Waals surface area contributed by atoms with E-state index in [0.717, 1.165) is 34.1 Å². The van der Waals surface area contributed by atoms with E-state index in [4.69, 9.17) is 9.47 Å². The fraction of sp³-hybridized carbons (Fsp3) is 0.400. The summed E-state index contributed by atoms with van der Waals surface area (Å²) in [4.78, 5) is 0. The van der Waals surface area contributed by atoms with Crippen molar-refractivity contribution in [1.29, 1.82) is 0 Å². The molecule has 0 amide bonds. The van der Waals surface area contributed by atoms with Crippen LogP contribution in [0.1, 0.15) is 29.9 Å². The van der Waals surface area contributed by atoms with E-state index in [-0.39, 0.29) is 6.04 Å². The lowest BCUT2D eigenvalue weighted by Gasteiger charge is -2.21. The molecule has 0 saturated carbocycles. The van der Waals surface area contributed by atoms with Crippen LogP contribution in [-0.4, -0.2) is 23.4 Å². The quantitative estimate of drug-likeness (QED) is 0.902. The van der Waals surface area contributed by atoms with Gasteiger partial charge in [-0.25, -0.2) is 0 Å². The van der Waals surface area contributed by atoms with Crippen molar-refractivity contribution in [1.82, 2.24) is 10.2 Å². The van der Waals surface area contributed by atoms with Crippen LogP contribution in [0.5, 0.6) is 11.5 Å². The molecule has 5 nitrogen and oxygen atoms in total. The molecule has 0 spiro atoms. The Labute approximate surface area is 118 Å². The number of anilines is 1. The summed E-state index contributed by atoms with van der Waals surface area (Å²) in [6.45, 7) is 7.35. The van der Waals surface area contributed by atoms with Gasteiger partial charge in [0, 0.05) is 6.04 Å². The molecule has 0 radical (unpaired) electrons. The molecule has 0 fully saturated rings. The van der Waals surface area contributed by atoms with Crippen molar-refractivity contribution < 1.29 is 9.47 Å². The highest BCUT2D eigenvalue weighted by molar-refractivity contribution is 5.54. The fourth-order valence-corrected chi connectivity index (χ4v) is 2.39. The molecular weight excluding hydrogens is 254 g/mol. The third kappa shape index (κ3) is 2.31. The summed E-state index contributed by atoms with van der Waals surface area (Å²) in [5, 5.41) is 10.7. The Balaban J connectivity index is 1.82. The number of aromatic amines is 1. The van der Waals surface area contributed by atoms with Crippen LogP contribution in [0.3, 0.4) is 0 Å². The topological polar surface area (TPSA) is 59.2 Å². The number of nitrogens with one attached hydrogen (secondary N) is 2. The van der Waals surface area contributed by atoms with Crippen LogP contribution in [0.25, 0.3) is 0 Å². The second-order valence-electron chi connectivity index (χ2n) is 5.08. The van der Waals surface area contributed by atoms with Crippen LogP contribution in [0.4, 0.5) is 5.69 Å². The van der Waals surface area contributed by atoms with Crippen molar-refractivity contribution in [2.24, 2.45) is 0 Å². The van der Waals surface area contributed by atoms with E-state index in [1.807, 2.05) is 26.0 Å². The lowest BCUT2D eigenvalue weighted by Crippen LogP contribution is -2.16. The number of H-pyrrole nitrogens is 1. The van der Waals surface area contributed by atoms with Crippen LogP contribution >= 0.6 is 0 Å². The first-order chi connectivity index (χ1) is 9.65. The van der Waals surface area contributed by atoms with Gasteiger partial charge < -0.3 is 14.8 Å². The van der Waals surface area contributed by atoms with Gasteiger partial charge in [-0.15, -0.1) is 0 Å². The van der Waals surface area contributed by atoms with E-state index in [2.05, 4.69) is 28.5 Å². The lowest BCUT2D eigenvalue weighted by molar-refractivity contribution is 0.171. The zero-order chi connectivity index (χ0) is 14.1. The molecule has 1 aliphatic rings. The molecule has 1 aliphatic heterocycles. The predicted molar refractivity (Wildman–Crippen MR) is 77.5 cm³/mol. The first kappa shape index (κ1) is 12.8. The maximum absolute atomic E-state index is 5.63. The van der Waals surface area contributed by atoms with Gasteiger partial charge in [-0.05, 0) is 38.5 Å². The van der Waals surface area contributed by atoms with Gasteiger partial charge in [-0.2, -0.15) is 5.10 Å². The monoisotopic (exact) mass is 273 g/mol. The van der Waals surface area contributed by atoms with Crippen molar-refractivity contribution >= 4 is 5.69 Å². The van der Waals surface area contributed by atoms with E-state index in [0.29, 0.717) is 13.2 Å². The Morgan fingerprint density at radius 2 is 1.95 bits per heavy atom. The van der Waals surface area contributed by atoms with E-state index in [1.54, 1.807) is 0 Å². The van der Waals surface area contributed by atoms with Gasteiger partial charge in [0.2, 0.25) is 0 Å². The van der Waals surface area contributed by atoms with Gasteiger partial charge in [0.25, 0.3) is 0 Å². The predicted octanol–water partition coefficient (Wildman–Crippen LogP) is 2.97. The van der Waals surface area contributed by atoms with Crippen molar-refractivity contribution in [3.05, 3.63) is 35.2 Å². The molecule has 2 N–H and O–H groups in total. The van der Waals surface area contributed by atoms with Crippen LogP contribution in [0.2, 0.25) is 0 Å². The normalized spacial score (nSPS) is 14.9. The number of ether oxygens (including phenoxy) is 2. The van der Waals surface area contributed by atoms with Gasteiger partial charge in [0.15, 0.2) is 11.5 Å². The Morgan fingerprint density at radius 3 is 2.65 bits per heavy atom. The minimum absolute atomic E-state index is 0.167. The summed E-state index contributed by atoms with van der Waals surface area (Å²) in [6.07, 6.45) is 0. The highest BCUT2D eigenvalue weighted by atomic mass is 16.6. The smallest absolute Gasteiger partial charge is 0.161 e. The Hall–Kier alpha value is -2.17. The second kappa shape index (κ2) is 5.07. The summed E-state index contributed by atoms with van der Waals surface area (Å²) in [5.74, 6) is 1.64. The Bertz CT molecular complexity index is 602. The first-order valence-electron chi connectivity index (χ1n) is 6.83. The highest BCUT2D eigenvalue weighted by Crippen LogP contribution is 2.33. The van der Waals surface area contributed by atoms with Gasteiger partial charge in [-0.3, -0.25) is 5.10 Å². The van der Waals surface area contributed by atoms with Crippen molar-refractivity contribution in [2.45, 2.75) is 26.8 Å². The molecule has 3 rings (SSSR count). The Kier molecular flexibility index (Phi) is 3.26. The minimum Gasteiger partial charge on any atom is -0.486 e. The second-order valence-corrected chi connectivity index (χ2v) is 5.08. The molecule has 5 heteroatoms. The minimum atomic E-state index is 0.167. The number of benzene rings is 1. The SMILES string of the molecule is Cc1n[nH]c(C)c1NC(C)c1ccc2c(c1)OCCO2. The number of rotatable bonds is 3. The maximum atomic E-state index is 5.63. The van der Waals surface area contributed by atoms with Crippen LogP contribution in [-0.2, 0) is 0 Å². The first-order valence-corrected chi connectivity index (χ1v) is 6.83. The van der Waals surface area contributed by atoms with Crippen molar-refractivity contribution in [2.75, 3.05) is 18.5 Å². The molecule has 2 heterocycles. The molecule has 1 unspecified atom stereocenters. The molecule has 106 valence electrons. The molecular formula is C15H19N3O2. The zero-order valence-electron chi connectivity index (χ0n) is 12.0. The number of aryl methyl sites for hydroxylation is 2. The van der Waals surface area contributed by atoms with Crippen molar-refractivity contribution in [3.8, 4) is 11.5 Å². The Morgan fingerprint density at radius 1 is 1.20 bits per heavy atom. The lowest BCUT2D eigenvalue weighted by atomic mass is 10.1. The molecule has 2 aromatic rings. The molecule has 1 aromatic carbocycles.